The fourth-order valence-electron chi connectivity index (χ4n) is 5.15. The lowest BCUT2D eigenvalue weighted by Gasteiger charge is -2.34. The summed E-state index contributed by atoms with van der Waals surface area (Å²) in [5.41, 5.74) is 3.42. The highest BCUT2D eigenvalue weighted by molar-refractivity contribution is 7.16. The highest BCUT2D eigenvalue weighted by Crippen LogP contribution is 2.46. The Bertz CT molecular complexity index is 1370. The second kappa shape index (κ2) is 8.55. The average Bonchev–Trinajstić information content (AvgIpc) is 3.47. The van der Waals surface area contributed by atoms with Gasteiger partial charge in [-0.2, -0.15) is 0 Å². The van der Waals surface area contributed by atoms with Gasteiger partial charge in [-0.25, -0.2) is 4.79 Å². The number of anilines is 1. The number of ether oxygens (including phenoxy) is 3. The molecular formula is C28H28N2O5S. The van der Waals surface area contributed by atoms with E-state index in [2.05, 4.69) is 31.4 Å². The lowest BCUT2D eigenvalue weighted by Crippen LogP contribution is -2.38. The summed E-state index contributed by atoms with van der Waals surface area (Å²) in [4.78, 5) is 27.2. The Kier molecular flexibility index (Phi) is 5.44. The van der Waals surface area contributed by atoms with Gasteiger partial charge in [0.1, 0.15) is 16.9 Å². The van der Waals surface area contributed by atoms with E-state index in [1.54, 1.807) is 41.7 Å². The first-order chi connectivity index (χ1) is 17.3. The van der Waals surface area contributed by atoms with Gasteiger partial charge in [0.15, 0.2) is 11.5 Å². The standard InChI is InChI=1S/C28H28N2O5S/c1-28(2,3)17-8-9-19-22(13-17)36-26-23(19)25(31)29-24(30-26)15-5-4-6-18(11-15)35-27(32)16-7-10-20-21(12-16)34-14-33-20/h4-7,10-12,17,24,30H,8-9,13-14H2,1-3H3,(H,29,31)/t17-,24+/m1/s1. The van der Waals surface area contributed by atoms with Gasteiger partial charge in [-0.15, -0.1) is 11.3 Å². The fourth-order valence-corrected chi connectivity index (χ4v) is 6.50. The van der Waals surface area contributed by atoms with Gasteiger partial charge < -0.3 is 24.8 Å². The number of esters is 1. The van der Waals surface area contributed by atoms with Gasteiger partial charge in [0.05, 0.1) is 11.1 Å². The van der Waals surface area contributed by atoms with Crippen molar-refractivity contribution in [3.63, 3.8) is 0 Å². The monoisotopic (exact) mass is 504 g/mol. The molecule has 0 spiro atoms. The normalized spacial score (nSPS) is 20.1. The number of hydrogen-bond acceptors (Lipinski definition) is 7. The summed E-state index contributed by atoms with van der Waals surface area (Å²) in [5.74, 6) is 1.60. The molecule has 0 saturated carbocycles. The zero-order chi connectivity index (χ0) is 25.0. The minimum absolute atomic E-state index is 0.0526. The van der Waals surface area contributed by atoms with Crippen molar-refractivity contribution in [1.29, 1.82) is 0 Å². The third kappa shape index (κ3) is 4.09. The molecule has 2 aromatic carbocycles. The van der Waals surface area contributed by atoms with Crippen LogP contribution in [-0.4, -0.2) is 18.7 Å². The van der Waals surface area contributed by atoms with E-state index in [1.165, 1.54) is 10.4 Å². The van der Waals surface area contributed by atoms with E-state index in [9.17, 15) is 9.59 Å². The highest BCUT2D eigenvalue weighted by Gasteiger charge is 2.36. The third-order valence-electron chi connectivity index (χ3n) is 7.28. The minimum Gasteiger partial charge on any atom is -0.454 e. The maximum absolute atomic E-state index is 13.2. The topological polar surface area (TPSA) is 85.9 Å². The summed E-state index contributed by atoms with van der Waals surface area (Å²) < 4.78 is 16.3. The van der Waals surface area contributed by atoms with Crippen molar-refractivity contribution in [2.24, 2.45) is 11.3 Å². The maximum Gasteiger partial charge on any atom is 0.343 e. The van der Waals surface area contributed by atoms with Crippen LogP contribution < -0.4 is 24.8 Å². The maximum atomic E-state index is 13.2. The Morgan fingerprint density at radius 3 is 2.75 bits per heavy atom. The molecule has 8 heteroatoms. The molecular weight excluding hydrogens is 476 g/mol. The van der Waals surface area contributed by atoms with Crippen molar-refractivity contribution < 1.29 is 23.8 Å². The van der Waals surface area contributed by atoms with Crippen LogP contribution >= 0.6 is 11.3 Å². The van der Waals surface area contributed by atoms with Crippen LogP contribution in [0.15, 0.2) is 42.5 Å². The molecule has 3 aromatic rings. The van der Waals surface area contributed by atoms with Gasteiger partial charge in [0.25, 0.3) is 5.91 Å². The molecule has 0 unspecified atom stereocenters. The van der Waals surface area contributed by atoms with Crippen LogP contribution in [0.25, 0.3) is 0 Å². The van der Waals surface area contributed by atoms with Crippen LogP contribution in [0.1, 0.15) is 70.1 Å². The first kappa shape index (κ1) is 22.9. The molecule has 2 atom stereocenters. The lowest BCUT2D eigenvalue weighted by molar-refractivity contribution is 0.0733. The molecule has 0 fully saturated rings. The number of benzene rings is 2. The van der Waals surface area contributed by atoms with Gasteiger partial charge in [0.2, 0.25) is 6.79 Å². The van der Waals surface area contributed by atoms with Gasteiger partial charge in [-0.3, -0.25) is 4.79 Å². The highest BCUT2D eigenvalue weighted by atomic mass is 32.1. The Balaban J connectivity index is 1.20. The van der Waals surface area contributed by atoms with E-state index >= 15 is 0 Å². The van der Waals surface area contributed by atoms with Gasteiger partial charge >= 0.3 is 5.97 Å². The summed E-state index contributed by atoms with van der Waals surface area (Å²) in [6.07, 6.45) is 2.65. The van der Waals surface area contributed by atoms with E-state index in [0.717, 1.165) is 35.4 Å². The molecule has 2 N–H and O–H groups in total. The number of rotatable bonds is 3. The predicted molar refractivity (Wildman–Crippen MR) is 137 cm³/mol. The van der Waals surface area contributed by atoms with E-state index in [4.69, 9.17) is 14.2 Å². The van der Waals surface area contributed by atoms with Crippen LogP contribution in [0, 0.1) is 11.3 Å². The quantitative estimate of drug-likeness (QED) is 0.352. The first-order valence-electron chi connectivity index (χ1n) is 12.2. The first-order valence-corrected chi connectivity index (χ1v) is 13.0. The second-order valence-electron chi connectivity index (χ2n) is 10.6. The number of amides is 1. The van der Waals surface area contributed by atoms with Crippen LogP contribution in [0.5, 0.6) is 17.2 Å². The fraction of sp³-hybridized carbons (Fsp3) is 0.357. The molecule has 3 heterocycles. The Morgan fingerprint density at radius 2 is 1.92 bits per heavy atom. The summed E-state index contributed by atoms with van der Waals surface area (Å²) in [5, 5.41) is 7.53. The number of carbonyl (C=O) groups excluding carboxylic acids is 2. The van der Waals surface area contributed by atoms with Crippen LogP contribution in [-0.2, 0) is 12.8 Å². The van der Waals surface area contributed by atoms with E-state index in [0.29, 0.717) is 28.7 Å². The largest absolute Gasteiger partial charge is 0.454 e. The van der Waals surface area contributed by atoms with Gasteiger partial charge in [-0.05, 0) is 72.1 Å². The molecule has 7 nitrogen and oxygen atoms in total. The lowest BCUT2D eigenvalue weighted by atomic mass is 9.72. The predicted octanol–water partition coefficient (Wildman–Crippen LogP) is 5.70. The number of thiophene rings is 1. The second-order valence-corrected chi connectivity index (χ2v) is 11.7. The molecule has 36 heavy (non-hydrogen) atoms. The van der Waals surface area contributed by atoms with Crippen molar-refractivity contribution >= 4 is 28.2 Å². The molecule has 6 rings (SSSR count). The molecule has 2 aliphatic heterocycles. The van der Waals surface area contributed by atoms with Crippen molar-refractivity contribution in [2.45, 2.75) is 46.2 Å². The summed E-state index contributed by atoms with van der Waals surface area (Å²) in [7, 11) is 0. The molecule has 0 radical (unpaired) electrons. The van der Waals surface area contributed by atoms with Crippen LogP contribution in [0.2, 0.25) is 0 Å². The van der Waals surface area contributed by atoms with E-state index in [-0.39, 0.29) is 18.1 Å². The Labute approximate surface area is 213 Å². The molecule has 3 aliphatic rings. The number of hydrogen-bond donors (Lipinski definition) is 2. The molecule has 1 amide bonds. The van der Waals surface area contributed by atoms with E-state index in [1.807, 2.05) is 12.1 Å². The zero-order valence-corrected chi connectivity index (χ0v) is 21.3. The number of carbonyl (C=O) groups is 2. The average molecular weight is 505 g/mol. The van der Waals surface area contributed by atoms with Crippen molar-refractivity contribution in [1.82, 2.24) is 5.32 Å². The van der Waals surface area contributed by atoms with Crippen molar-refractivity contribution in [3.8, 4) is 17.2 Å². The Hall–Kier alpha value is -3.52. The number of fused-ring (bicyclic) bond motifs is 4. The van der Waals surface area contributed by atoms with Crippen LogP contribution in [0.4, 0.5) is 5.00 Å². The van der Waals surface area contributed by atoms with Gasteiger partial charge in [0, 0.05) is 4.88 Å². The molecule has 186 valence electrons. The summed E-state index contributed by atoms with van der Waals surface area (Å²) in [6.45, 7) is 7.03. The van der Waals surface area contributed by atoms with Crippen molar-refractivity contribution in [2.75, 3.05) is 12.1 Å². The third-order valence-corrected chi connectivity index (χ3v) is 8.46. The van der Waals surface area contributed by atoms with E-state index < -0.39 is 12.1 Å². The zero-order valence-electron chi connectivity index (χ0n) is 20.5. The number of nitrogens with one attached hydrogen (secondary N) is 2. The summed E-state index contributed by atoms with van der Waals surface area (Å²) in [6, 6.07) is 12.2. The molecule has 0 saturated heterocycles. The smallest absolute Gasteiger partial charge is 0.343 e. The van der Waals surface area contributed by atoms with Crippen molar-refractivity contribution in [3.05, 3.63) is 69.6 Å². The molecule has 1 aromatic heterocycles. The SMILES string of the molecule is CC(C)(C)[C@@H]1CCc2c(sc3c2C(=O)N[C@H](c2cccc(OC(=O)c4ccc5c(c4)OCO5)c2)N3)C1. The molecule has 1 aliphatic carbocycles. The minimum atomic E-state index is -0.493. The Morgan fingerprint density at radius 1 is 1.08 bits per heavy atom. The summed E-state index contributed by atoms with van der Waals surface area (Å²) >= 11 is 1.70. The van der Waals surface area contributed by atoms with Crippen LogP contribution in [0.3, 0.4) is 0 Å². The molecule has 0 bridgehead atoms. The van der Waals surface area contributed by atoms with Gasteiger partial charge in [-0.1, -0.05) is 32.9 Å².